The fourth-order valence-corrected chi connectivity index (χ4v) is 2.82. The molecule has 0 aliphatic rings. The minimum Gasteiger partial charge on any atom is -0.493 e. The molecule has 0 bridgehead atoms. The Morgan fingerprint density at radius 2 is 1.79 bits per heavy atom. The Hall–Kier alpha value is -2.08. The summed E-state index contributed by atoms with van der Waals surface area (Å²) in [6, 6.07) is 7.68. The predicted molar refractivity (Wildman–Crippen MR) is 94.3 cm³/mol. The van der Waals surface area contributed by atoms with Crippen molar-refractivity contribution in [1.82, 2.24) is 5.32 Å². The van der Waals surface area contributed by atoms with Gasteiger partial charge in [-0.25, -0.2) is 4.39 Å². The molecule has 4 nitrogen and oxygen atoms in total. The minimum atomic E-state index is -0.571. The van der Waals surface area contributed by atoms with Gasteiger partial charge in [0.25, 0.3) is 5.91 Å². The third-order valence-electron chi connectivity index (χ3n) is 3.76. The highest BCUT2D eigenvalue weighted by atomic mass is 79.9. The maximum Gasteiger partial charge on any atom is 0.254 e. The van der Waals surface area contributed by atoms with Crippen molar-refractivity contribution in [3.8, 4) is 11.5 Å². The zero-order valence-corrected chi connectivity index (χ0v) is 15.5. The Morgan fingerprint density at radius 3 is 2.38 bits per heavy atom. The number of halogens is 2. The molecule has 6 heteroatoms. The van der Waals surface area contributed by atoms with Crippen LogP contribution in [0.1, 0.15) is 34.5 Å². The van der Waals surface area contributed by atoms with Crippen LogP contribution in [-0.2, 0) is 0 Å². The summed E-state index contributed by atoms with van der Waals surface area (Å²) in [6.07, 6.45) is 0. The molecule has 128 valence electrons. The van der Waals surface area contributed by atoms with Gasteiger partial charge in [-0.05, 0) is 55.3 Å². The molecule has 2 rings (SSSR count). The van der Waals surface area contributed by atoms with E-state index in [0.29, 0.717) is 16.0 Å². The summed E-state index contributed by atoms with van der Waals surface area (Å²) in [6.45, 7) is 3.75. The van der Waals surface area contributed by atoms with Gasteiger partial charge >= 0.3 is 0 Å². The van der Waals surface area contributed by atoms with E-state index in [0.717, 1.165) is 11.1 Å². The topological polar surface area (TPSA) is 47.6 Å². The molecular weight excluding hydrogens is 377 g/mol. The molecule has 0 heterocycles. The van der Waals surface area contributed by atoms with E-state index in [1.807, 2.05) is 26.0 Å². The van der Waals surface area contributed by atoms with Crippen LogP contribution in [0.4, 0.5) is 4.39 Å². The van der Waals surface area contributed by atoms with E-state index >= 15 is 0 Å². The molecule has 24 heavy (non-hydrogen) atoms. The standard InChI is InChI=1S/C18H19BrFNO3/c1-10-7-16(23-3)17(24-4)9-14(10)11(2)21-18(22)13-6-5-12(19)8-15(13)20/h5-9,11H,1-4H3,(H,21,22). The van der Waals surface area contributed by atoms with Crippen molar-refractivity contribution in [1.29, 1.82) is 0 Å². The van der Waals surface area contributed by atoms with Crippen LogP contribution in [0.25, 0.3) is 0 Å². The van der Waals surface area contributed by atoms with Gasteiger partial charge in [-0.1, -0.05) is 15.9 Å². The van der Waals surface area contributed by atoms with Crippen LogP contribution in [-0.4, -0.2) is 20.1 Å². The van der Waals surface area contributed by atoms with Gasteiger partial charge in [0.15, 0.2) is 11.5 Å². The van der Waals surface area contributed by atoms with E-state index in [1.165, 1.54) is 12.1 Å². The number of hydrogen-bond donors (Lipinski definition) is 1. The van der Waals surface area contributed by atoms with Crippen LogP contribution in [0.3, 0.4) is 0 Å². The van der Waals surface area contributed by atoms with Crippen LogP contribution in [0.15, 0.2) is 34.8 Å². The Kier molecular flexibility index (Phi) is 5.83. The largest absolute Gasteiger partial charge is 0.493 e. The summed E-state index contributed by atoms with van der Waals surface area (Å²) in [4.78, 5) is 12.3. The third kappa shape index (κ3) is 3.87. The number of ether oxygens (including phenoxy) is 2. The number of hydrogen-bond acceptors (Lipinski definition) is 3. The molecule has 1 N–H and O–H groups in total. The number of benzene rings is 2. The lowest BCUT2D eigenvalue weighted by Crippen LogP contribution is -2.28. The quantitative estimate of drug-likeness (QED) is 0.815. The summed E-state index contributed by atoms with van der Waals surface area (Å²) >= 11 is 3.17. The van der Waals surface area contributed by atoms with E-state index in [-0.39, 0.29) is 11.6 Å². The van der Waals surface area contributed by atoms with E-state index < -0.39 is 11.7 Å². The Morgan fingerprint density at radius 1 is 1.17 bits per heavy atom. The van der Waals surface area contributed by atoms with Gasteiger partial charge in [-0.15, -0.1) is 0 Å². The van der Waals surface area contributed by atoms with Crippen molar-refractivity contribution in [3.05, 3.63) is 57.3 Å². The second-order valence-electron chi connectivity index (χ2n) is 5.38. The molecule has 0 radical (unpaired) electrons. The molecule has 0 saturated heterocycles. The molecule has 1 atom stereocenters. The lowest BCUT2D eigenvalue weighted by atomic mass is 10.0. The number of rotatable bonds is 5. The van der Waals surface area contributed by atoms with E-state index in [9.17, 15) is 9.18 Å². The smallest absolute Gasteiger partial charge is 0.254 e. The SMILES string of the molecule is COc1cc(C)c(C(C)NC(=O)c2ccc(Br)cc2F)cc1OC. The fourth-order valence-electron chi connectivity index (χ4n) is 2.49. The van der Waals surface area contributed by atoms with Gasteiger partial charge in [0.2, 0.25) is 0 Å². The average molecular weight is 396 g/mol. The van der Waals surface area contributed by atoms with Crippen molar-refractivity contribution >= 4 is 21.8 Å². The van der Waals surface area contributed by atoms with E-state index in [2.05, 4.69) is 21.2 Å². The first-order chi connectivity index (χ1) is 11.4. The summed E-state index contributed by atoms with van der Waals surface area (Å²) in [5, 5.41) is 2.81. The zero-order chi connectivity index (χ0) is 17.9. The van der Waals surface area contributed by atoms with Crippen LogP contribution in [0.5, 0.6) is 11.5 Å². The van der Waals surface area contributed by atoms with Crippen LogP contribution in [0.2, 0.25) is 0 Å². The minimum absolute atomic E-state index is 0.00294. The number of methoxy groups -OCH3 is 2. The van der Waals surface area contributed by atoms with Gasteiger partial charge in [0, 0.05) is 4.47 Å². The number of carbonyl (C=O) groups excluding carboxylic acids is 1. The summed E-state index contributed by atoms with van der Waals surface area (Å²) < 4.78 is 25.1. The summed E-state index contributed by atoms with van der Waals surface area (Å²) in [7, 11) is 3.12. The Balaban J connectivity index is 2.26. The first-order valence-electron chi connectivity index (χ1n) is 7.35. The lowest BCUT2D eigenvalue weighted by Gasteiger charge is -2.19. The van der Waals surface area contributed by atoms with Crippen molar-refractivity contribution in [3.63, 3.8) is 0 Å². The monoisotopic (exact) mass is 395 g/mol. The Labute approximate surface area is 149 Å². The summed E-state index contributed by atoms with van der Waals surface area (Å²) in [5.74, 6) is 0.157. The first kappa shape index (κ1) is 18.3. The molecule has 0 aliphatic heterocycles. The maximum atomic E-state index is 13.9. The van der Waals surface area contributed by atoms with E-state index in [4.69, 9.17) is 9.47 Å². The lowest BCUT2D eigenvalue weighted by molar-refractivity contribution is 0.0935. The fraction of sp³-hybridized carbons (Fsp3) is 0.278. The second kappa shape index (κ2) is 7.66. The molecule has 0 aromatic heterocycles. The van der Waals surface area contributed by atoms with Crippen molar-refractivity contribution in [2.24, 2.45) is 0 Å². The molecule has 1 amide bonds. The first-order valence-corrected chi connectivity index (χ1v) is 8.15. The molecule has 2 aromatic rings. The molecular formula is C18H19BrFNO3. The molecule has 0 saturated carbocycles. The number of carbonyl (C=O) groups is 1. The molecule has 0 aliphatic carbocycles. The third-order valence-corrected chi connectivity index (χ3v) is 4.26. The van der Waals surface area contributed by atoms with Gasteiger partial charge in [-0.2, -0.15) is 0 Å². The van der Waals surface area contributed by atoms with Crippen molar-refractivity contribution < 1.29 is 18.7 Å². The summed E-state index contributed by atoms with van der Waals surface area (Å²) in [5.41, 5.74) is 1.82. The molecule has 2 aromatic carbocycles. The normalized spacial score (nSPS) is 11.8. The Bertz CT molecular complexity index is 764. The zero-order valence-electron chi connectivity index (χ0n) is 13.9. The van der Waals surface area contributed by atoms with Crippen LogP contribution < -0.4 is 14.8 Å². The van der Waals surface area contributed by atoms with Crippen molar-refractivity contribution in [2.75, 3.05) is 14.2 Å². The number of nitrogens with one attached hydrogen (secondary N) is 1. The average Bonchev–Trinajstić information content (AvgIpc) is 2.54. The highest BCUT2D eigenvalue weighted by Gasteiger charge is 2.18. The van der Waals surface area contributed by atoms with Crippen molar-refractivity contribution in [2.45, 2.75) is 19.9 Å². The van der Waals surface area contributed by atoms with Crippen LogP contribution >= 0.6 is 15.9 Å². The highest BCUT2D eigenvalue weighted by Crippen LogP contribution is 2.33. The second-order valence-corrected chi connectivity index (χ2v) is 6.30. The predicted octanol–water partition coefficient (Wildman–Crippen LogP) is 4.40. The van der Waals surface area contributed by atoms with Gasteiger partial charge in [0.1, 0.15) is 5.82 Å². The molecule has 0 spiro atoms. The van der Waals surface area contributed by atoms with Gasteiger partial charge in [-0.3, -0.25) is 4.79 Å². The van der Waals surface area contributed by atoms with Gasteiger partial charge < -0.3 is 14.8 Å². The maximum absolute atomic E-state index is 13.9. The molecule has 1 unspecified atom stereocenters. The number of aryl methyl sites for hydroxylation is 1. The van der Waals surface area contributed by atoms with Crippen LogP contribution in [0, 0.1) is 12.7 Å². The van der Waals surface area contributed by atoms with Gasteiger partial charge in [0.05, 0.1) is 25.8 Å². The number of amides is 1. The molecule has 0 fully saturated rings. The highest BCUT2D eigenvalue weighted by molar-refractivity contribution is 9.10. The van der Waals surface area contributed by atoms with E-state index in [1.54, 1.807) is 20.3 Å².